The van der Waals surface area contributed by atoms with E-state index in [0.29, 0.717) is 26.3 Å². The lowest BCUT2D eigenvalue weighted by Crippen LogP contribution is -2.37. The maximum atomic E-state index is 13.2. The van der Waals surface area contributed by atoms with Gasteiger partial charge in [0.05, 0.1) is 29.7 Å². The fourth-order valence-electron chi connectivity index (χ4n) is 2.38. The first-order chi connectivity index (χ1) is 9.97. The number of hydrogen-bond donors (Lipinski definition) is 0. The van der Waals surface area contributed by atoms with E-state index in [0.717, 1.165) is 6.07 Å². The van der Waals surface area contributed by atoms with Gasteiger partial charge in [-0.2, -0.15) is 18.2 Å². The van der Waals surface area contributed by atoms with Gasteiger partial charge in [0, 0.05) is 13.1 Å². The van der Waals surface area contributed by atoms with Crippen molar-refractivity contribution in [3.8, 4) is 0 Å². The summed E-state index contributed by atoms with van der Waals surface area (Å²) in [5, 5.41) is -0.0837. The van der Waals surface area contributed by atoms with Crippen molar-refractivity contribution >= 4 is 28.3 Å². The van der Waals surface area contributed by atoms with Gasteiger partial charge in [0.2, 0.25) is 5.28 Å². The number of anilines is 1. The van der Waals surface area contributed by atoms with Crippen LogP contribution in [0.4, 0.5) is 19.0 Å². The van der Waals surface area contributed by atoms with Crippen LogP contribution in [0.5, 0.6) is 0 Å². The van der Waals surface area contributed by atoms with Gasteiger partial charge in [-0.15, -0.1) is 0 Å². The summed E-state index contributed by atoms with van der Waals surface area (Å²) >= 11 is 5.85. The lowest BCUT2D eigenvalue weighted by Gasteiger charge is -2.29. The first-order valence-electron chi connectivity index (χ1n) is 6.33. The molecule has 1 aromatic carbocycles. The summed E-state index contributed by atoms with van der Waals surface area (Å²) in [6.07, 6.45) is -4.47. The second-order valence-electron chi connectivity index (χ2n) is 4.61. The average molecular weight is 318 g/mol. The first kappa shape index (κ1) is 14.3. The molecule has 0 amide bonds. The number of fused-ring (bicyclic) bond motifs is 1. The topological polar surface area (TPSA) is 38.2 Å². The predicted octanol–water partition coefficient (Wildman–Crippen LogP) is 3.14. The molecule has 0 unspecified atom stereocenters. The maximum Gasteiger partial charge on any atom is 0.417 e. The highest BCUT2D eigenvalue weighted by Crippen LogP contribution is 2.38. The predicted molar refractivity (Wildman–Crippen MR) is 72.6 cm³/mol. The zero-order valence-electron chi connectivity index (χ0n) is 10.8. The quantitative estimate of drug-likeness (QED) is 0.757. The molecular weight excluding hydrogens is 307 g/mol. The molecule has 0 N–H and O–H groups in total. The largest absolute Gasteiger partial charge is 0.417 e. The van der Waals surface area contributed by atoms with Crippen molar-refractivity contribution < 1.29 is 17.9 Å². The minimum absolute atomic E-state index is 0.0173. The van der Waals surface area contributed by atoms with E-state index in [2.05, 4.69) is 9.97 Å². The molecule has 3 rings (SSSR count). The third-order valence-corrected chi connectivity index (χ3v) is 3.46. The summed E-state index contributed by atoms with van der Waals surface area (Å²) in [6, 6.07) is 3.85. The third-order valence-electron chi connectivity index (χ3n) is 3.29. The van der Waals surface area contributed by atoms with Crippen molar-refractivity contribution in [1.29, 1.82) is 0 Å². The number of alkyl halides is 3. The van der Waals surface area contributed by atoms with Gasteiger partial charge in [0.25, 0.3) is 0 Å². The fourth-order valence-corrected chi connectivity index (χ4v) is 2.55. The highest BCUT2D eigenvalue weighted by Gasteiger charge is 2.35. The minimum atomic E-state index is -4.47. The molecule has 112 valence electrons. The van der Waals surface area contributed by atoms with Crippen LogP contribution in [0.2, 0.25) is 5.28 Å². The Morgan fingerprint density at radius 2 is 1.86 bits per heavy atom. The van der Waals surface area contributed by atoms with E-state index >= 15 is 0 Å². The van der Waals surface area contributed by atoms with E-state index in [1.165, 1.54) is 12.1 Å². The second kappa shape index (κ2) is 5.31. The van der Waals surface area contributed by atoms with Crippen molar-refractivity contribution in [1.82, 2.24) is 9.97 Å². The summed E-state index contributed by atoms with van der Waals surface area (Å²) in [5.74, 6) is 0.209. The molecule has 1 aliphatic heterocycles. The Morgan fingerprint density at radius 3 is 2.52 bits per heavy atom. The molecule has 1 aliphatic rings. The Kier molecular flexibility index (Phi) is 3.62. The van der Waals surface area contributed by atoms with E-state index in [4.69, 9.17) is 16.3 Å². The maximum absolute atomic E-state index is 13.2. The Balaban J connectivity index is 2.26. The molecule has 1 aromatic heterocycles. The van der Waals surface area contributed by atoms with Gasteiger partial charge in [0.15, 0.2) is 0 Å². The molecule has 1 saturated heterocycles. The Bertz CT molecular complexity index is 671. The van der Waals surface area contributed by atoms with Gasteiger partial charge in [-0.1, -0.05) is 6.07 Å². The van der Waals surface area contributed by atoms with Gasteiger partial charge in [-0.05, 0) is 23.7 Å². The van der Waals surface area contributed by atoms with Crippen molar-refractivity contribution in [3.63, 3.8) is 0 Å². The van der Waals surface area contributed by atoms with E-state index in [1.54, 1.807) is 4.90 Å². The summed E-state index contributed by atoms with van der Waals surface area (Å²) in [4.78, 5) is 9.67. The standard InChI is InChI=1S/C13H11ClF3N3O/c14-12-18-9-3-1-2-8(13(15,16)17)10(9)11(19-12)20-4-6-21-7-5-20/h1-3H,4-7H2. The molecule has 2 heterocycles. The molecule has 0 radical (unpaired) electrons. The lowest BCUT2D eigenvalue weighted by molar-refractivity contribution is -0.136. The van der Waals surface area contributed by atoms with Crippen LogP contribution in [0.15, 0.2) is 18.2 Å². The van der Waals surface area contributed by atoms with E-state index in [9.17, 15) is 13.2 Å². The summed E-state index contributed by atoms with van der Waals surface area (Å²) in [6.45, 7) is 1.82. The summed E-state index contributed by atoms with van der Waals surface area (Å²) < 4.78 is 44.9. The molecule has 0 bridgehead atoms. The Labute approximate surface area is 123 Å². The molecule has 4 nitrogen and oxygen atoms in total. The smallest absolute Gasteiger partial charge is 0.378 e. The van der Waals surface area contributed by atoms with Crippen LogP contribution >= 0.6 is 11.6 Å². The van der Waals surface area contributed by atoms with Crippen LogP contribution in [-0.4, -0.2) is 36.3 Å². The van der Waals surface area contributed by atoms with Crippen LogP contribution in [0.3, 0.4) is 0 Å². The number of morpholine rings is 1. The zero-order valence-corrected chi connectivity index (χ0v) is 11.6. The van der Waals surface area contributed by atoms with Gasteiger partial charge < -0.3 is 9.64 Å². The van der Waals surface area contributed by atoms with Crippen molar-refractivity contribution in [2.45, 2.75) is 6.18 Å². The molecule has 21 heavy (non-hydrogen) atoms. The Hall–Kier alpha value is -1.60. The third kappa shape index (κ3) is 2.75. The summed E-state index contributed by atoms with van der Waals surface area (Å²) in [5.41, 5.74) is -0.565. The SMILES string of the molecule is FC(F)(F)c1cccc2nc(Cl)nc(N3CCOCC3)c12. The number of rotatable bonds is 1. The minimum Gasteiger partial charge on any atom is -0.378 e. The first-order valence-corrected chi connectivity index (χ1v) is 6.71. The summed E-state index contributed by atoms with van der Waals surface area (Å²) in [7, 11) is 0. The normalized spacial score (nSPS) is 16.5. The van der Waals surface area contributed by atoms with Crippen LogP contribution in [-0.2, 0) is 10.9 Å². The number of nitrogens with zero attached hydrogens (tertiary/aromatic N) is 3. The number of halogens is 4. The molecule has 1 fully saturated rings. The number of aromatic nitrogens is 2. The molecule has 8 heteroatoms. The van der Waals surface area contributed by atoms with Crippen LogP contribution in [0.25, 0.3) is 10.9 Å². The molecule has 0 aliphatic carbocycles. The zero-order chi connectivity index (χ0) is 15.0. The number of ether oxygens (including phenoxy) is 1. The lowest BCUT2D eigenvalue weighted by atomic mass is 10.1. The molecule has 0 atom stereocenters. The van der Waals surface area contributed by atoms with Crippen molar-refractivity contribution in [2.75, 3.05) is 31.2 Å². The number of benzene rings is 1. The van der Waals surface area contributed by atoms with Gasteiger partial charge >= 0.3 is 6.18 Å². The highest BCUT2D eigenvalue weighted by molar-refractivity contribution is 6.28. The van der Waals surface area contributed by atoms with Gasteiger partial charge in [0.1, 0.15) is 5.82 Å². The molecule has 0 spiro atoms. The van der Waals surface area contributed by atoms with Gasteiger partial charge in [-0.25, -0.2) is 4.98 Å². The van der Waals surface area contributed by atoms with E-state index in [1.807, 2.05) is 0 Å². The molecule has 2 aromatic rings. The second-order valence-corrected chi connectivity index (χ2v) is 4.95. The average Bonchev–Trinajstić information content (AvgIpc) is 2.45. The van der Waals surface area contributed by atoms with Crippen molar-refractivity contribution in [3.05, 3.63) is 29.0 Å². The molecular formula is C13H11ClF3N3O. The molecule has 0 saturated carbocycles. The van der Waals surface area contributed by atoms with Crippen molar-refractivity contribution in [2.24, 2.45) is 0 Å². The fraction of sp³-hybridized carbons (Fsp3) is 0.385. The van der Waals surface area contributed by atoms with E-state index in [-0.39, 0.29) is 22.0 Å². The van der Waals surface area contributed by atoms with Crippen LogP contribution in [0.1, 0.15) is 5.56 Å². The van der Waals surface area contributed by atoms with Gasteiger partial charge in [-0.3, -0.25) is 0 Å². The van der Waals surface area contributed by atoms with E-state index < -0.39 is 11.7 Å². The number of hydrogen-bond acceptors (Lipinski definition) is 4. The Morgan fingerprint density at radius 1 is 1.14 bits per heavy atom. The monoisotopic (exact) mass is 317 g/mol. The van der Waals surface area contributed by atoms with Crippen LogP contribution in [0, 0.1) is 0 Å². The van der Waals surface area contributed by atoms with Crippen LogP contribution < -0.4 is 4.90 Å². The highest BCUT2D eigenvalue weighted by atomic mass is 35.5.